The summed E-state index contributed by atoms with van der Waals surface area (Å²) >= 11 is 0. The van der Waals surface area contributed by atoms with Gasteiger partial charge in [0.25, 0.3) is 0 Å². The predicted molar refractivity (Wildman–Crippen MR) is 170 cm³/mol. The molecule has 8 aliphatic rings. The second-order valence-corrected chi connectivity index (χ2v) is 17.6. The Labute approximate surface area is 257 Å². The van der Waals surface area contributed by atoms with E-state index in [4.69, 9.17) is 0 Å². The molecule has 7 fully saturated rings. The molecule has 4 heteroatoms. The highest BCUT2D eigenvalue weighted by atomic mass is 16.3. The van der Waals surface area contributed by atoms with E-state index in [1.165, 1.54) is 63.4 Å². The summed E-state index contributed by atoms with van der Waals surface area (Å²) in [6, 6.07) is 0. The summed E-state index contributed by atoms with van der Waals surface area (Å²) in [4.78, 5) is 23.7. The first-order chi connectivity index (χ1) is 19.9. The van der Waals surface area contributed by atoms with Gasteiger partial charge in [0.2, 0.25) is 0 Å². The lowest BCUT2D eigenvalue weighted by atomic mass is 9.45. The lowest BCUT2D eigenvalue weighted by Crippen LogP contribution is -2.54. The molecule has 2 unspecified atom stereocenters. The van der Waals surface area contributed by atoms with Gasteiger partial charge >= 0.3 is 0 Å². The average Bonchev–Trinajstić information content (AvgIpc) is 3.44. The van der Waals surface area contributed by atoms with Crippen molar-refractivity contribution in [3.05, 3.63) is 11.6 Å². The van der Waals surface area contributed by atoms with Gasteiger partial charge in [-0.3, -0.25) is 9.59 Å². The standard InChI is InChI=1S/C19H30O2.C19H28O2.2H2/c2*1-18-9-7-13(20)11-12(18)3-4-14-15-5-6-17(21)19(15,2)10-8-16(14)18;;/h12,14-17,21H,3-11H2,1-2H3;11,14-17,21H,3-10H2,1-2H3;2*1H/t12-,14-,15-,16-,17-,18-,19-;14-,15?,16?,17-,18-,19-;;/m00../s1. The molecule has 0 saturated heterocycles. The molecular formula is C38H62O4. The smallest absolute Gasteiger partial charge is 0.155 e. The predicted octanol–water partition coefficient (Wildman–Crippen LogP) is 8.33. The molecule has 8 aliphatic carbocycles. The van der Waals surface area contributed by atoms with Crippen LogP contribution in [-0.4, -0.2) is 34.0 Å². The minimum Gasteiger partial charge on any atom is -0.393 e. The van der Waals surface area contributed by atoms with Crippen LogP contribution in [0.25, 0.3) is 0 Å². The van der Waals surface area contributed by atoms with Crippen LogP contribution in [0.1, 0.15) is 140 Å². The first-order valence-corrected chi connectivity index (χ1v) is 18.0. The number of fused-ring (bicyclic) bond motifs is 10. The van der Waals surface area contributed by atoms with E-state index in [9.17, 15) is 19.8 Å². The van der Waals surface area contributed by atoms with Crippen molar-refractivity contribution < 1.29 is 22.7 Å². The third-order valence-electron chi connectivity index (χ3n) is 16.3. The molecule has 238 valence electrons. The van der Waals surface area contributed by atoms with E-state index in [1.807, 2.05) is 6.08 Å². The zero-order chi connectivity index (χ0) is 29.7. The molecule has 0 heterocycles. The minimum atomic E-state index is -0.0823. The van der Waals surface area contributed by atoms with Crippen LogP contribution < -0.4 is 0 Å². The Morgan fingerprint density at radius 1 is 0.619 bits per heavy atom. The molecule has 4 nitrogen and oxygen atoms in total. The Bertz CT molecular complexity index is 1150. The summed E-state index contributed by atoms with van der Waals surface area (Å²) in [5.41, 5.74) is 2.48. The summed E-state index contributed by atoms with van der Waals surface area (Å²) in [6.07, 6.45) is 20.7. The number of allylic oxidation sites excluding steroid dienone is 1. The van der Waals surface area contributed by atoms with Gasteiger partial charge in [-0.2, -0.15) is 0 Å². The van der Waals surface area contributed by atoms with Crippen LogP contribution in [0.15, 0.2) is 11.6 Å². The van der Waals surface area contributed by atoms with Crippen LogP contribution in [0, 0.1) is 63.1 Å². The van der Waals surface area contributed by atoms with Gasteiger partial charge in [0.05, 0.1) is 12.2 Å². The summed E-state index contributed by atoms with van der Waals surface area (Å²) in [7, 11) is 0. The summed E-state index contributed by atoms with van der Waals surface area (Å²) in [5, 5.41) is 20.9. The maximum atomic E-state index is 11.9. The fraction of sp³-hybridized carbons (Fsp3) is 0.895. The molecule has 0 aromatic rings. The van der Waals surface area contributed by atoms with E-state index in [0.717, 1.165) is 81.0 Å². The van der Waals surface area contributed by atoms with E-state index in [2.05, 4.69) is 27.7 Å². The summed E-state index contributed by atoms with van der Waals surface area (Å²) < 4.78 is 0. The van der Waals surface area contributed by atoms with Gasteiger partial charge in [0.1, 0.15) is 5.78 Å². The molecule has 8 rings (SSSR count). The largest absolute Gasteiger partial charge is 0.393 e. The highest BCUT2D eigenvalue weighted by Gasteiger charge is 2.61. The Kier molecular flexibility index (Phi) is 7.26. The molecule has 2 N–H and O–H groups in total. The average molecular weight is 583 g/mol. The van der Waals surface area contributed by atoms with Crippen LogP contribution in [0.2, 0.25) is 0 Å². The first-order valence-electron chi connectivity index (χ1n) is 18.0. The van der Waals surface area contributed by atoms with Gasteiger partial charge in [-0.1, -0.05) is 33.3 Å². The Hall–Kier alpha value is -1.00. The molecule has 0 amide bonds. The van der Waals surface area contributed by atoms with Crippen LogP contribution in [0.5, 0.6) is 0 Å². The molecule has 0 bridgehead atoms. The maximum absolute atomic E-state index is 11.9. The lowest BCUT2D eigenvalue weighted by molar-refractivity contribution is -0.141. The highest BCUT2D eigenvalue weighted by Crippen LogP contribution is 2.67. The van der Waals surface area contributed by atoms with Crippen LogP contribution in [0.3, 0.4) is 0 Å². The van der Waals surface area contributed by atoms with Crippen molar-refractivity contribution in [2.45, 2.75) is 149 Å². The number of Topliss-reactive ketones (excluding diaryl/α,β-unsaturated/α-hetero) is 1. The minimum absolute atomic E-state index is 0. The number of ketones is 2. The van der Waals surface area contributed by atoms with Crippen molar-refractivity contribution in [1.82, 2.24) is 0 Å². The molecule has 42 heavy (non-hydrogen) atoms. The number of aliphatic hydroxyl groups excluding tert-OH is 2. The van der Waals surface area contributed by atoms with Crippen molar-refractivity contribution in [3.63, 3.8) is 0 Å². The SMILES string of the molecule is C[C@]12CCC(=O)C=C1CC[C@@H]1C2CC[C@@]2(C)C1CC[C@@H]2O.C[C@]12CCC(=O)C[C@@H]1CC[C@@H]1[C@@H]2CC[C@]2(C)[C@@H](O)CC[C@@H]12.[HH].[HH]. The van der Waals surface area contributed by atoms with E-state index in [0.29, 0.717) is 28.8 Å². The molecule has 0 spiro atoms. The molecule has 0 aliphatic heterocycles. The summed E-state index contributed by atoms with van der Waals surface area (Å²) in [6.45, 7) is 9.61. The number of aliphatic hydroxyl groups is 2. The van der Waals surface area contributed by atoms with Crippen molar-refractivity contribution in [2.24, 2.45) is 63.1 Å². The molecule has 0 aromatic carbocycles. The number of rotatable bonds is 0. The van der Waals surface area contributed by atoms with Crippen molar-refractivity contribution in [1.29, 1.82) is 0 Å². The van der Waals surface area contributed by atoms with Crippen molar-refractivity contribution in [3.8, 4) is 0 Å². The van der Waals surface area contributed by atoms with Gasteiger partial charge in [0.15, 0.2) is 5.78 Å². The zero-order valence-electron chi connectivity index (χ0n) is 27.0. The van der Waals surface area contributed by atoms with Gasteiger partial charge in [-0.15, -0.1) is 0 Å². The fourth-order valence-electron chi connectivity index (χ4n) is 13.5. The molecule has 13 atom stereocenters. The number of carbonyl (C=O) groups excluding carboxylic acids is 2. The van der Waals surface area contributed by atoms with E-state index < -0.39 is 0 Å². The van der Waals surface area contributed by atoms with E-state index in [1.54, 1.807) is 0 Å². The number of hydrogen-bond donors (Lipinski definition) is 2. The van der Waals surface area contributed by atoms with Gasteiger partial charge in [0, 0.05) is 22.1 Å². The van der Waals surface area contributed by atoms with Gasteiger partial charge in [-0.05, 0) is 159 Å². The topological polar surface area (TPSA) is 74.6 Å². The first kappa shape index (κ1) is 29.7. The quantitative estimate of drug-likeness (QED) is 0.301. The Balaban J connectivity index is 0.000000167. The van der Waals surface area contributed by atoms with Gasteiger partial charge in [-0.25, -0.2) is 0 Å². The second-order valence-electron chi connectivity index (χ2n) is 17.6. The molecule has 7 saturated carbocycles. The van der Waals surface area contributed by atoms with E-state index >= 15 is 0 Å². The molecule has 0 aromatic heterocycles. The molecule has 0 radical (unpaired) electrons. The third kappa shape index (κ3) is 4.26. The monoisotopic (exact) mass is 582 g/mol. The summed E-state index contributed by atoms with van der Waals surface area (Å²) in [5.74, 6) is 6.10. The maximum Gasteiger partial charge on any atom is 0.155 e. The second kappa shape index (κ2) is 10.3. The van der Waals surface area contributed by atoms with Crippen LogP contribution >= 0.6 is 0 Å². The van der Waals surface area contributed by atoms with Crippen molar-refractivity contribution in [2.75, 3.05) is 0 Å². The third-order valence-corrected chi connectivity index (χ3v) is 16.3. The number of carbonyl (C=O) groups is 2. The zero-order valence-corrected chi connectivity index (χ0v) is 27.0. The molecular weight excluding hydrogens is 520 g/mol. The van der Waals surface area contributed by atoms with Crippen LogP contribution in [-0.2, 0) is 9.59 Å². The Morgan fingerprint density at radius 3 is 1.88 bits per heavy atom. The van der Waals surface area contributed by atoms with Crippen molar-refractivity contribution >= 4 is 11.6 Å². The fourth-order valence-corrected chi connectivity index (χ4v) is 13.5. The highest BCUT2D eigenvalue weighted by molar-refractivity contribution is 5.91. The van der Waals surface area contributed by atoms with Crippen LogP contribution in [0.4, 0.5) is 0 Å². The van der Waals surface area contributed by atoms with Gasteiger partial charge < -0.3 is 10.2 Å². The van der Waals surface area contributed by atoms with E-state index in [-0.39, 0.29) is 31.3 Å². The Morgan fingerprint density at radius 2 is 1.21 bits per heavy atom. The normalized spacial score (nSPS) is 54.6. The number of hydrogen-bond acceptors (Lipinski definition) is 4. The lowest BCUT2D eigenvalue weighted by Gasteiger charge is -2.60.